The SMILES string of the molecule is CC(C)NC(=O)Cn1c(-c2cccc(Cl)c2)cc2cc(O)cnc21. The lowest BCUT2D eigenvalue weighted by Crippen LogP contribution is -2.33. The highest BCUT2D eigenvalue weighted by atomic mass is 35.5. The predicted molar refractivity (Wildman–Crippen MR) is 95.1 cm³/mol. The molecule has 0 radical (unpaired) electrons. The first-order chi connectivity index (χ1) is 11.4. The molecule has 24 heavy (non-hydrogen) atoms. The Balaban J connectivity index is 2.13. The highest BCUT2D eigenvalue weighted by molar-refractivity contribution is 6.30. The summed E-state index contributed by atoms with van der Waals surface area (Å²) < 4.78 is 1.83. The summed E-state index contributed by atoms with van der Waals surface area (Å²) in [7, 11) is 0. The van der Waals surface area contributed by atoms with Crippen LogP contribution in [-0.4, -0.2) is 26.6 Å². The Labute approximate surface area is 144 Å². The fraction of sp³-hybridized carbons (Fsp3) is 0.222. The summed E-state index contributed by atoms with van der Waals surface area (Å²) in [5.74, 6) is -0.00965. The molecule has 0 aliphatic rings. The quantitative estimate of drug-likeness (QED) is 0.760. The molecular weight excluding hydrogens is 326 g/mol. The number of hydrogen-bond donors (Lipinski definition) is 2. The Hall–Kier alpha value is -2.53. The van der Waals surface area contributed by atoms with E-state index in [0.717, 1.165) is 16.6 Å². The van der Waals surface area contributed by atoms with E-state index >= 15 is 0 Å². The van der Waals surface area contributed by atoms with Crippen LogP contribution in [0, 0.1) is 0 Å². The number of nitrogens with one attached hydrogen (secondary N) is 1. The first-order valence-corrected chi connectivity index (χ1v) is 8.05. The monoisotopic (exact) mass is 343 g/mol. The zero-order chi connectivity index (χ0) is 17.3. The number of hydrogen-bond acceptors (Lipinski definition) is 3. The summed E-state index contributed by atoms with van der Waals surface area (Å²) in [5.41, 5.74) is 2.35. The summed E-state index contributed by atoms with van der Waals surface area (Å²) in [6.07, 6.45) is 1.38. The number of carbonyl (C=O) groups is 1. The summed E-state index contributed by atoms with van der Waals surface area (Å²) in [4.78, 5) is 16.5. The fourth-order valence-corrected chi connectivity index (χ4v) is 2.88. The Kier molecular flexibility index (Phi) is 4.44. The van der Waals surface area contributed by atoms with E-state index in [0.29, 0.717) is 10.7 Å². The van der Waals surface area contributed by atoms with Gasteiger partial charge in [-0.3, -0.25) is 4.79 Å². The number of aromatic hydroxyl groups is 1. The van der Waals surface area contributed by atoms with Crippen LogP contribution in [0.1, 0.15) is 13.8 Å². The fourth-order valence-electron chi connectivity index (χ4n) is 2.69. The second-order valence-electron chi connectivity index (χ2n) is 5.95. The number of aromatic nitrogens is 2. The van der Waals surface area contributed by atoms with E-state index in [1.807, 2.05) is 42.7 Å². The molecule has 5 nitrogen and oxygen atoms in total. The molecular formula is C18H18ClN3O2. The van der Waals surface area contributed by atoms with Crippen LogP contribution in [0.3, 0.4) is 0 Å². The van der Waals surface area contributed by atoms with Crippen molar-refractivity contribution >= 4 is 28.5 Å². The van der Waals surface area contributed by atoms with Crippen molar-refractivity contribution in [2.45, 2.75) is 26.4 Å². The van der Waals surface area contributed by atoms with Crippen molar-refractivity contribution < 1.29 is 9.90 Å². The van der Waals surface area contributed by atoms with Gasteiger partial charge in [-0.25, -0.2) is 4.98 Å². The van der Waals surface area contributed by atoms with Crippen LogP contribution >= 0.6 is 11.6 Å². The van der Waals surface area contributed by atoms with E-state index in [9.17, 15) is 9.90 Å². The van der Waals surface area contributed by atoms with Gasteiger partial charge in [0.05, 0.1) is 11.9 Å². The van der Waals surface area contributed by atoms with Gasteiger partial charge in [0.25, 0.3) is 0 Å². The van der Waals surface area contributed by atoms with Gasteiger partial charge >= 0.3 is 0 Å². The highest BCUT2D eigenvalue weighted by Crippen LogP contribution is 2.30. The minimum absolute atomic E-state index is 0.0611. The zero-order valence-electron chi connectivity index (χ0n) is 13.5. The minimum Gasteiger partial charge on any atom is -0.506 e. The molecule has 1 amide bonds. The second kappa shape index (κ2) is 6.53. The number of halogens is 1. The van der Waals surface area contributed by atoms with Gasteiger partial charge in [-0.05, 0) is 43.7 Å². The van der Waals surface area contributed by atoms with Crippen LogP contribution in [0.15, 0.2) is 42.6 Å². The van der Waals surface area contributed by atoms with Crippen LogP contribution in [0.5, 0.6) is 5.75 Å². The molecule has 0 saturated heterocycles. The van der Waals surface area contributed by atoms with Gasteiger partial charge in [0, 0.05) is 16.5 Å². The van der Waals surface area contributed by atoms with Gasteiger partial charge in [0.2, 0.25) is 5.91 Å². The molecule has 0 aliphatic carbocycles. The van der Waals surface area contributed by atoms with Crippen LogP contribution < -0.4 is 5.32 Å². The number of nitrogens with zero attached hydrogens (tertiary/aromatic N) is 2. The van der Waals surface area contributed by atoms with E-state index in [1.54, 1.807) is 12.1 Å². The minimum atomic E-state index is -0.0966. The number of pyridine rings is 1. The van der Waals surface area contributed by atoms with E-state index in [4.69, 9.17) is 11.6 Å². The molecule has 0 saturated carbocycles. The lowest BCUT2D eigenvalue weighted by Gasteiger charge is -2.13. The number of benzene rings is 1. The van der Waals surface area contributed by atoms with Crippen molar-refractivity contribution in [1.82, 2.24) is 14.9 Å². The average molecular weight is 344 g/mol. The van der Waals surface area contributed by atoms with Crippen molar-refractivity contribution in [3.63, 3.8) is 0 Å². The lowest BCUT2D eigenvalue weighted by molar-refractivity contribution is -0.122. The molecule has 124 valence electrons. The molecule has 0 atom stereocenters. The Morgan fingerprint density at radius 1 is 1.33 bits per heavy atom. The van der Waals surface area contributed by atoms with Gasteiger partial charge in [0.15, 0.2) is 0 Å². The van der Waals surface area contributed by atoms with Gasteiger partial charge < -0.3 is 15.0 Å². The van der Waals surface area contributed by atoms with Crippen molar-refractivity contribution in [3.8, 4) is 17.0 Å². The Bertz CT molecular complexity index is 902. The molecule has 1 aromatic carbocycles. The molecule has 2 N–H and O–H groups in total. The summed E-state index contributed by atoms with van der Waals surface area (Å²) in [5, 5.41) is 13.9. The summed E-state index contributed by atoms with van der Waals surface area (Å²) in [6, 6.07) is 11.0. The number of amides is 1. The third-order valence-electron chi connectivity index (χ3n) is 3.59. The first kappa shape index (κ1) is 16.3. The van der Waals surface area contributed by atoms with Crippen LogP contribution in [-0.2, 0) is 11.3 Å². The van der Waals surface area contributed by atoms with Gasteiger partial charge in [0.1, 0.15) is 17.9 Å². The third kappa shape index (κ3) is 3.36. The van der Waals surface area contributed by atoms with Crippen molar-refractivity contribution in [2.75, 3.05) is 0 Å². The number of carbonyl (C=O) groups excluding carboxylic acids is 1. The second-order valence-corrected chi connectivity index (χ2v) is 6.39. The third-order valence-corrected chi connectivity index (χ3v) is 3.83. The smallest absolute Gasteiger partial charge is 0.240 e. The van der Waals surface area contributed by atoms with Crippen molar-refractivity contribution in [2.24, 2.45) is 0 Å². The predicted octanol–water partition coefficient (Wildman–Crippen LogP) is 3.59. The Morgan fingerprint density at radius 2 is 2.12 bits per heavy atom. The molecule has 0 fully saturated rings. The van der Waals surface area contributed by atoms with Gasteiger partial charge in [-0.15, -0.1) is 0 Å². The maximum absolute atomic E-state index is 12.2. The van der Waals surface area contributed by atoms with Crippen LogP contribution in [0.2, 0.25) is 5.02 Å². The summed E-state index contributed by atoms with van der Waals surface area (Å²) in [6.45, 7) is 3.97. The Morgan fingerprint density at radius 3 is 2.83 bits per heavy atom. The normalized spacial score (nSPS) is 11.2. The topological polar surface area (TPSA) is 67.2 Å². The van der Waals surface area contributed by atoms with Gasteiger partial charge in [-0.2, -0.15) is 0 Å². The van der Waals surface area contributed by atoms with Crippen molar-refractivity contribution in [1.29, 1.82) is 0 Å². The molecule has 6 heteroatoms. The molecule has 0 unspecified atom stereocenters. The lowest BCUT2D eigenvalue weighted by atomic mass is 10.1. The van der Waals surface area contributed by atoms with E-state index in [1.165, 1.54) is 6.20 Å². The van der Waals surface area contributed by atoms with Crippen molar-refractivity contribution in [3.05, 3.63) is 47.6 Å². The average Bonchev–Trinajstić information content (AvgIpc) is 2.84. The maximum atomic E-state index is 12.2. The molecule has 2 heterocycles. The van der Waals surface area contributed by atoms with E-state index in [-0.39, 0.29) is 24.2 Å². The zero-order valence-corrected chi connectivity index (χ0v) is 14.2. The van der Waals surface area contributed by atoms with E-state index in [2.05, 4.69) is 10.3 Å². The molecule has 3 rings (SSSR count). The van der Waals surface area contributed by atoms with Crippen LogP contribution in [0.4, 0.5) is 0 Å². The first-order valence-electron chi connectivity index (χ1n) is 7.67. The number of rotatable bonds is 4. The maximum Gasteiger partial charge on any atom is 0.240 e. The molecule has 3 aromatic rings. The largest absolute Gasteiger partial charge is 0.506 e. The number of fused-ring (bicyclic) bond motifs is 1. The van der Waals surface area contributed by atoms with E-state index < -0.39 is 0 Å². The molecule has 0 bridgehead atoms. The molecule has 2 aromatic heterocycles. The molecule has 0 spiro atoms. The van der Waals surface area contributed by atoms with Gasteiger partial charge in [-0.1, -0.05) is 23.7 Å². The van der Waals surface area contributed by atoms with Crippen LogP contribution in [0.25, 0.3) is 22.3 Å². The molecule has 0 aliphatic heterocycles. The standard InChI is InChI=1S/C18H18ClN3O2/c1-11(2)21-17(24)10-22-16(12-4-3-5-14(19)6-12)8-13-7-15(23)9-20-18(13)22/h3-9,11,23H,10H2,1-2H3,(H,21,24). The summed E-state index contributed by atoms with van der Waals surface area (Å²) >= 11 is 6.10. The highest BCUT2D eigenvalue weighted by Gasteiger charge is 2.15.